The molecule has 1 heterocycles. The summed E-state index contributed by atoms with van der Waals surface area (Å²) in [5, 5.41) is 2.70. The number of aromatic amines is 1. The lowest BCUT2D eigenvalue weighted by Gasteiger charge is -2.00. The number of rotatable bonds is 4. The third-order valence-electron chi connectivity index (χ3n) is 1.41. The molecule has 0 saturated carbocycles. The predicted molar refractivity (Wildman–Crippen MR) is 44.6 cm³/mol. The van der Waals surface area contributed by atoms with Gasteiger partial charge in [-0.2, -0.15) is 0 Å². The smallest absolute Gasteiger partial charge is 0.269 e. The molecular weight excluding hydrogens is 156 g/mol. The minimum Gasteiger partial charge on any atom is -0.351 e. The normalized spacial score (nSPS) is 9.75. The molecule has 0 aliphatic heterocycles. The third kappa shape index (κ3) is 2.35. The van der Waals surface area contributed by atoms with Crippen molar-refractivity contribution in [3.63, 3.8) is 0 Å². The topological polar surface area (TPSA) is 83.8 Å². The highest BCUT2D eigenvalue weighted by atomic mass is 16.1. The molecule has 0 aliphatic rings. The van der Waals surface area contributed by atoms with E-state index in [1.54, 1.807) is 0 Å². The van der Waals surface area contributed by atoms with Crippen molar-refractivity contribution in [1.82, 2.24) is 15.3 Å². The predicted octanol–water partition coefficient (Wildman–Crippen LogP) is -0.512. The Morgan fingerprint density at radius 2 is 2.58 bits per heavy atom. The first kappa shape index (κ1) is 8.73. The van der Waals surface area contributed by atoms with E-state index in [1.807, 2.05) is 0 Å². The molecule has 5 heteroatoms. The number of aromatic nitrogens is 2. The lowest BCUT2D eigenvalue weighted by atomic mass is 10.4. The van der Waals surface area contributed by atoms with Crippen LogP contribution in [0.5, 0.6) is 0 Å². The number of carbonyl (C=O) groups is 1. The Morgan fingerprint density at radius 3 is 3.17 bits per heavy atom. The number of hydrogen-bond donors (Lipinski definition) is 3. The second kappa shape index (κ2) is 4.50. The van der Waals surface area contributed by atoms with Gasteiger partial charge in [0.05, 0.1) is 12.5 Å². The van der Waals surface area contributed by atoms with Crippen LogP contribution in [0.4, 0.5) is 0 Å². The molecular formula is C7H12N4O. The Labute approximate surface area is 70.4 Å². The van der Waals surface area contributed by atoms with Crippen LogP contribution < -0.4 is 11.1 Å². The number of nitrogens with zero attached hydrogens (tertiary/aromatic N) is 1. The van der Waals surface area contributed by atoms with Crippen LogP contribution in [0.3, 0.4) is 0 Å². The van der Waals surface area contributed by atoms with E-state index in [2.05, 4.69) is 15.3 Å². The zero-order valence-electron chi connectivity index (χ0n) is 6.71. The van der Waals surface area contributed by atoms with Crippen molar-refractivity contribution in [3.8, 4) is 0 Å². The molecule has 66 valence electrons. The van der Waals surface area contributed by atoms with Crippen molar-refractivity contribution in [1.29, 1.82) is 0 Å². The van der Waals surface area contributed by atoms with Crippen LogP contribution >= 0.6 is 0 Å². The Morgan fingerprint density at radius 1 is 1.75 bits per heavy atom. The Hall–Kier alpha value is -1.36. The van der Waals surface area contributed by atoms with Crippen LogP contribution in [0.2, 0.25) is 0 Å². The molecule has 0 saturated heterocycles. The maximum atomic E-state index is 11.2. The molecule has 1 amide bonds. The number of imidazole rings is 1. The van der Waals surface area contributed by atoms with Crippen molar-refractivity contribution in [2.75, 3.05) is 13.1 Å². The number of nitrogens with one attached hydrogen (secondary N) is 2. The minimum absolute atomic E-state index is 0.138. The van der Waals surface area contributed by atoms with Crippen LogP contribution in [0, 0.1) is 0 Å². The van der Waals surface area contributed by atoms with Gasteiger partial charge < -0.3 is 16.0 Å². The van der Waals surface area contributed by atoms with Gasteiger partial charge >= 0.3 is 0 Å². The van der Waals surface area contributed by atoms with Gasteiger partial charge in [-0.05, 0) is 13.0 Å². The molecule has 0 aliphatic carbocycles. The molecule has 0 atom stereocenters. The zero-order valence-corrected chi connectivity index (χ0v) is 6.71. The molecule has 0 aromatic carbocycles. The van der Waals surface area contributed by atoms with Gasteiger partial charge in [-0.3, -0.25) is 4.79 Å². The van der Waals surface area contributed by atoms with Crippen molar-refractivity contribution in [2.24, 2.45) is 5.73 Å². The highest BCUT2D eigenvalue weighted by Crippen LogP contribution is 1.89. The van der Waals surface area contributed by atoms with Gasteiger partial charge in [0.1, 0.15) is 5.69 Å². The summed E-state index contributed by atoms with van der Waals surface area (Å²) in [5.74, 6) is -0.138. The molecule has 5 nitrogen and oxygen atoms in total. The number of amides is 1. The zero-order chi connectivity index (χ0) is 8.81. The summed E-state index contributed by atoms with van der Waals surface area (Å²) in [6, 6.07) is 0. The third-order valence-corrected chi connectivity index (χ3v) is 1.41. The summed E-state index contributed by atoms with van der Waals surface area (Å²) in [6.45, 7) is 1.19. The van der Waals surface area contributed by atoms with Crippen molar-refractivity contribution in [2.45, 2.75) is 6.42 Å². The molecule has 1 rings (SSSR count). The van der Waals surface area contributed by atoms with E-state index in [4.69, 9.17) is 5.73 Å². The van der Waals surface area contributed by atoms with Gasteiger partial charge in [0.25, 0.3) is 5.91 Å². The van der Waals surface area contributed by atoms with Crippen LogP contribution in [0.25, 0.3) is 0 Å². The summed E-state index contributed by atoms with van der Waals surface area (Å²) in [6.07, 6.45) is 3.75. The second-order valence-corrected chi connectivity index (χ2v) is 2.36. The minimum atomic E-state index is -0.138. The van der Waals surface area contributed by atoms with Crippen molar-refractivity contribution >= 4 is 5.91 Å². The molecule has 12 heavy (non-hydrogen) atoms. The fourth-order valence-corrected chi connectivity index (χ4v) is 0.779. The molecule has 1 aromatic rings. The van der Waals surface area contributed by atoms with Crippen LogP contribution in [-0.4, -0.2) is 29.0 Å². The van der Waals surface area contributed by atoms with E-state index in [1.165, 1.54) is 12.5 Å². The van der Waals surface area contributed by atoms with Crippen molar-refractivity contribution in [3.05, 3.63) is 18.2 Å². The van der Waals surface area contributed by atoms with E-state index < -0.39 is 0 Å². The monoisotopic (exact) mass is 168 g/mol. The average Bonchev–Trinajstić information content (AvgIpc) is 2.56. The maximum Gasteiger partial charge on any atom is 0.269 e. The van der Waals surface area contributed by atoms with Gasteiger partial charge in [-0.25, -0.2) is 4.98 Å². The van der Waals surface area contributed by atoms with Crippen LogP contribution in [0.1, 0.15) is 16.9 Å². The molecule has 0 unspecified atom stereocenters. The highest BCUT2D eigenvalue weighted by Gasteiger charge is 2.03. The fraction of sp³-hybridized carbons (Fsp3) is 0.429. The van der Waals surface area contributed by atoms with E-state index in [0.717, 1.165) is 6.42 Å². The average molecular weight is 168 g/mol. The van der Waals surface area contributed by atoms with Gasteiger partial charge in [0.15, 0.2) is 0 Å². The largest absolute Gasteiger partial charge is 0.351 e. The van der Waals surface area contributed by atoms with E-state index in [-0.39, 0.29) is 5.91 Å². The van der Waals surface area contributed by atoms with Crippen LogP contribution in [-0.2, 0) is 0 Å². The van der Waals surface area contributed by atoms with Crippen LogP contribution in [0.15, 0.2) is 12.5 Å². The summed E-state index contributed by atoms with van der Waals surface area (Å²) in [7, 11) is 0. The summed E-state index contributed by atoms with van der Waals surface area (Å²) in [4.78, 5) is 17.6. The molecule has 0 radical (unpaired) electrons. The lowest BCUT2D eigenvalue weighted by Crippen LogP contribution is -2.26. The highest BCUT2D eigenvalue weighted by molar-refractivity contribution is 5.91. The van der Waals surface area contributed by atoms with Gasteiger partial charge in [0, 0.05) is 6.54 Å². The molecule has 0 bridgehead atoms. The Balaban J connectivity index is 2.30. The first-order valence-corrected chi connectivity index (χ1v) is 3.81. The second-order valence-electron chi connectivity index (χ2n) is 2.36. The Bertz CT molecular complexity index is 232. The number of H-pyrrole nitrogens is 1. The van der Waals surface area contributed by atoms with Gasteiger partial charge in [0.2, 0.25) is 0 Å². The first-order chi connectivity index (χ1) is 5.84. The molecule has 4 N–H and O–H groups in total. The molecule has 0 fully saturated rings. The van der Waals surface area contributed by atoms with E-state index >= 15 is 0 Å². The summed E-state index contributed by atoms with van der Waals surface area (Å²) >= 11 is 0. The van der Waals surface area contributed by atoms with Gasteiger partial charge in [-0.1, -0.05) is 0 Å². The molecule has 1 aromatic heterocycles. The first-order valence-electron chi connectivity index (χ1n) is 3.81. The Kier molecular flexibility index (Phi) is 3.28. The van der Waals surface area contributed by atoms with Crippen molar-refractivity contribution < 1.29 is 4.79 Å². The molecule has 0 spiro atoms. The number of carbonyl (C=O) groups excluding carboxylic acids is 1. The lowest BCUT2D eigenvalue weighted by molar-refractivity contribution is 0.0949. The van der Waals surface area contributed by atoms with Gasteiger partial charge in [-0.15, -0.1) is 0 Å². The van der Waals surface area contributed by atoms with E-state index in [9.17, 15) is 4.79 Å². The summed E-state index contributed by atoms with van der Waals surface area (Å²) in [5.41, 5.74) is 5.74. The summed E-state index contributed by atoms with van der Waals surface area (Å²) < 4.78 is 0. The SMILES string of the molecule is NCCCNC(=O)c1cnc[nH]1. The number of hydrogen-bond acceptors (Lipinski definition) is 3. The number of nitrogens with two attached hydrogens (primary N) is 1. The fourth-order valence-electron chi connectivity index (χ4n) is 0.779. The van der Waals surface area contributed by atoms with E-state index in [0.29, 0.717) is 18.8 Å². The quantitative estimate of drug-likeness (QED) is 0.529. The maximum absolute atomic E-state index is 11.2. The standard InChI is InChI=1S/C7H12N4O/c8-2-1-3-10-7(12)6-4-9-5-11-6/h4-5H,1-3,8H2,(H,9,11)(H,10,12).